The molecule has 1 aromatic rings. The third kappa shape index (κ3) is 2.28. The number of benzene rings is 1. The molecule has 1 nitrogen and oxygen atoms in total. The van der Waals surface area contributed by atoms with Crippen LogP contribution in [0, 0.1) is 0 Å². The molecule has 0 aromatic heterocycles. The van der Waals surface area contributed by atoms with Crippen molar-refractivity contribution in [1.29, 1.82) is 0 Å². The van der Waals surface area contributed by atoms with Gasteiger partial charge in [0.1, 0.15) is 0 Å². The summed E-state index contributed by atoms with van der Waals surface area (Å²) in [6.45, 7) is 3.71. The molecule has 0 amide bonds. The van der Waals surface area contributed by atoms with Gasteiger partial charge in [0.2, 0.25) is 0 Å². The van der Waals surface area contributed by atoms with Gasteiger partial charge >= 0.3 is 79.9 Å². The van der Waals surface area contributed by atoms with Crippen molar-refractivity contribution in [3.8, 4) is 0 Å². The number of nitrogens with zero attached hydrogens (tertiary/aromatic N) is 1. The predicted octanol–water partition coefficient (Wildman–Crippen LogP) is 1.99. The van der Waals surface area contributed by atoms with Crippen molar-refractivity contribution in [3.05, 3.63) is 48.6 Å². The van der Waals surface area contributed by atoms with E-state index in [4.69, 9.17) is 0 Å². The van der Waals surface area contributed by atoms with E-state index in [2.05, 4.69) is 31.9 Å². The van der Waals surface area contributed by atoms with E-state index < -0.39 is 0 Å². The second kappa shape index (κ2) is 4.84. The molecule has 0 radical (unpaired) electrons. The van der Waals surface area contributed by atoms with Crippen LogP contribution in [0.4, 0.5) is 0 Å². The molecule has 1 atom stereocenters. The number of hydrogen-bond acceptors (Lipinski definition) is 1. The number of aliphatic imine (C=N–C) groups is 1. The molecule has 1 unspecified atom stereocenters. The van der Waals surface area contributed by atoms with Crippen LogP contribution in [0.1, 0.15) is 11.6 Å². The van der Waals surface area contributed by atoms with Crippen molar-refractivity contribution >= 4 is 20.3 Å². The van der Waals surface area contributed by atoms with E-state index >= 15 is 0 Å². The van der Waals surface area contributed by atoms with Gasteiger partial charge in [-0.05, 0) is 0 Å². The van der Waals surface area contributed by atoms with Gasteiger partial charge in [-0.1, -0.05) is 0 Å². The molecule has 60 valence electrons. The van der Waals surface area contributed by atoms with Crippen molar-refractivity contribution in [2.24, 2.45) is 4.99 Å². The third-order valence-corrected chi connectivity index (χ3v) is 1.78. The molecule has 12 heavy (non-hydrogen) atoms. The monoisotopic (exact) mass is 223 g/mol. The average Bonchev–Trinajstić information content (AvgIpc) is 2.15. The Bertz CT molecular complexity index is 299. The van der Waals surface area contributed by atoms with Crippen LogP contribution in [0.2, 0.25) is 0 Å². The van der Waals surface area contributed by atoms with E-state index in [1.165, 1.54) is 0 Å². The summed E-state index contributed by atoms with van der Waals surface area (Å²) in [5, 5.41) is 0. The molecule has 0 aliphatic carbocycles. The molecule has 0 saturated heterocycles. The molecule has 1 rings (SSSR count). The average molecular weight is 222 g/mol. The van der Waals surface area contributed by atoms with Gasteiger partial charge in [-0.2, -0.15) is 0 Å². The quantitative estimate of drug-likeness (QED) is 0.421. The fourth-order valence-electron chi connectivity index (χ4n) is 0.970. The first kappa shape index (κ1) is 9.15. The van der Waals surface area contributed by atoms with Gasteiger partial charge in [0.25, 0.3) is 0 Å². The second-order valence-corrected chi connectivity index (χ2v) is 2.69. The normalized spacial score (nSPS) is 11.3. The van der Waals surface area contributed by atoms with E-state index in [1.807, 2.05) is 30.3 Å². The fraction of sp³-hybridized carbons (Fsp3) is 0.100. The van der Waals surface area contributed by atoms with Crippen LogP contribution in [0.15, 0.2) is 48.0 Å². The van der Waals surface area contributed by atoms with Crippen molar-refractivity contribution < 1.29 is 0 Å². The second-order valence-electron chi connectivity index (χ2n) is 2.31. The van der Waals surface area contributed by atoms with Crippen LogP contribution < -0.4 is 0 Å². The maximum atomic E-state index is 4.09. The Balaban J connectivity index is 2.94. The summed E-state index contributed by atoms with van der Waals surface area (Å²) >= 11 is 2.61. The van der Waals surface area contributed by atoms with Crippen LogP contribution >= 0.6 is 0 Å². The molecule has 0 aliphatic heterocycles. The van der Waals surface area contributed by atoms with Crippen LogP contribution in [0.25, 0.3) is 0 Å². The molecule has 0 spiro atoms. The maximum absolute atomic E-state index is 4.09. The SMILES string of the molecule is C=CC(N=C=[Se])c1ccccc1. The van der Waals surface area contributed by atoms with Gasteiger partial charge in [0, 0.05) is 0 Å². The van der Waals surface area contributed by atoms with Crippen molar-refractivity contribution in [2.75, 3.05) is 0 Å². The zero-order valence-corrected chi connectivity index (χ0v) is 8.32. The molecule has 0 bridgehead atoms. The molecule has 2 heteroatoms. The van der Waals surface area contributed by atoms with E-state index in [0.717, 1.165) is 5.56 Å². The van der Waals surface area contributed by atoms with Crippen LogP contribution in [0.3, 0.4) is 0 Å². The van der Waals surface area contributed by atoms with Gasteiger partial charge < -0.3 is 0 Å². The summed E-state index contributed by atoms with van der Waals surface area (Å²) < 4.78 is 2.65. The number of hydrogen-bond donors (Lipinski definition) is 0. The van der Waals surface area contributed by atoms with Gasteiger partial charge in [0.15, 0.2) is 0 Å². The molecule has 0 saturated carbocycles. The molecular formula is C10H9NSe. The Morgan fingerprint density at radius 3 is 2.58 bits per heavy atom. The zero-order valence-electron chi connectivity index (χ0n) is 6.60. The minimum absolute atomic E-state index is 0.0208. The van der Waals surface area contributed by atoms with E-state index in [-0.39, 0.29) is 6.04 Å². The molecule has 0 fully saturated rings. The molecule has 1 aromatic carbocycles. The summed E-state index contributed by atoms with van der Waals surface area (Å²) in [6.07, 6.45) is 1.79. The minimum atomic E-state index is 0.0208. The first-order valence-electron chi connectivity index (χ1n) is 3.63. The molecule has 0 N–H and O–H groups in total. The Kier molecular flexibility index (Phi) is 3.69. The van der Waals surface area contributed by atoms with Crippen molar-refractivity contribution in [2.45, 2.75) is 6.04 Å². The summed E-state index contributed by atoms with van der Waals surface area (Å²) in [5.74, 6) is 0. The Morgan fingerprint density at radius 1 is 1.42 bits per heavy atom. The van der Waals surface area contributed by atoms with Gasteiger partial charge in [0.05, 0.1) is 0 Å². The van der Waals surface area contributed by atoms with E-state index in [1.54, 1.807) is 6.08 Å². The first-order chi connectivity index (χ1) is 5.88. The predicted molar refractivity (Wildman–Crippen MR) is 52.6 cm³/mol. The fourth-order valence-corrected chi connectivity index (χ4v) is 1.21. The Labute approximate surface area is 80.2 Å². The van der Waals surface area contributed by atoms with Crippen LogP contribution in [0.5, 0.6) is 0 Å². The van der Waals surface area contributed by atoms with Gasteiger partial charge in [-0.3, -0.25) is 0 Å². The summed E-state index contributed by atoms with van der Waals surface area (Å²) in [6, 6.07) is 10.0. The standard InChI is InChI=1S/C10H9NSe/c1-2-10(11-8-12)9-6-4-3-5-7-9/h2-7,10H,1H2. The first-order valence-corrected chi connectivity index (χ1v) is 4.48. The Morgan fingerprint density at radius 2 is 2.08 bits per heavy atom. The molecule has 0 heterocycles. The zero-order chi connectivity index (χ0) is 8.81. The van der Waals surface area contributed by atoms with Crippen molar-refractivity contribution in [3.63, 3.8) is 0 Å². The van der Waals surface area contributed by atoms with E-state index in [9.17, 15) is 0 Å². The van der Waals surface area contributed by atoms with E-state index in [0.29, 0.717) is 0 Å². The Hall–Kier alpha value is -0.941. The number of rotatable bonds is 3. The van der Waals surface area contributed by atoms with Gasteiger partial charge in [-0.25, -0.2) is 0 Å². The van der Waals surface area contributed by atoms with Gasteiger partial charge in [-0.15, -0.1) is 0 Å². The summed E-state index contributed by atoms with van der Waals surface area (Å²) in [5.41, 5.74) is 1.13. The molecular weight excluding hydrogens is 213 g/mol. The summed E-state index contributed by atoms with van der Waals surface area (Å²) in [7, 11) is 0. The summed E-state index contributed by atoms with van der Waals surface area (Å²) in [4.78, 5) is 4.09. The van der Waals surface area contributed by atoms with Crippen LogP contribution in [-0.2, 0) is 0 Å². The third-order valence-electron chi connectivity index (χ3n) is 1.56. The molecule has 0 aliphatic rings. The van der Waals surface area contributed by atoms with Crippen molar-refractivity contribution in [1.82, 2.24) is 0 Å². The topological polar surface area (TPSA) is 12.4 Å². The van der Waals surface area contributed by atoms with Crippen LogP contribution in [-0.4, -0.2) is 20.3 Å².